The van der Waals surface area contributed by atoms with Crippen molar-refractivity contribution in [1.29, 1.82) is 0 Å². The standard InChI is InChI=1S/C20H24N6O/c1-14(16-6-4-3-5-7-16)21-20(27)17-10-12-25(13-11-17)19-9-8-18-23-22-15(2)26(18)24-19/h3-9,14,17H,10-13H2,1-2H3,(H,21,27). The second-order valence-electron chi connectivity index (χ2n) is 7.11. The Morgan fingerprint density at radius 2 is 1.85 bits per heavy atom. The highest BCUT2D eigenvalue weighted by Gasteiger charge is 2.26. The van der Waals surface area contributed by atoms with Crippen LogP contribution >= 0.6 is 0 Å². The first-order valence-electron chi connectivity index (χ1n) is 9.41. The lowest BCUT2D eigenvalue weighted by atomic mass is 9.95. The molecule has 1 aliphatic heterocycles. The number of hydrogen-bond acceptors (Lipinski definition) is 5. The normalized spacial score (nSPS) is 16.4. The Kier molecular flexibility index (Phi) is 4.75. The predicted octanol–water partition coefficient (Wildman–Crippen LogP) is 2.53. The third kappa shape index (κ3) is 3.63. The van der Waals surface area contributed by atoms with Crippen LogP contribution in [0.3, 0.4) is 0 Å². The van der Waals surface area contributed by atoms with Gasteiger partial charge in [-0.25, -0.2) is 0 Å². The molecule has 1 saturated heterocycles. The monoisotopic (exact) mass is 364 g/mol. The van der Waals surface area contributed by atoms with Crippen molar-refractivity contribution in [2.24, 2.45) is 5.92 Å². The number of fused-ring (bicyclic) bond motifs is 1. The lowest BCUT2D eigenvalue weighted by Gasteiger charge is -2.32. The van der Waals surface area contributed by atoms with Crippen LogP contribution in [0.1, 0.15) is 37.2 Å². The number of carbonyl (C=O) groups excluding carboxylic acids is 1. The first-order valence-corrected chi connectivity index (χ1v) is 9.41. The largest absolute Gasteiger partial charge is 0.355 e. The van der Waals surface area contributed by atoms with Gasteiger partial charge in [-0.05, 0) is 44.4 Å². The Hall–Kier alpha value is -2.96. The minimum absolute atomic E-state index is 0.0255. The molecule has 0 spiro atoms. The maximum absolute atomic E-state index is 12.6. The van der Waals surface area contributed by atoms with Crippen molar-refractivity contribution in [3.63, 3.8) is 0 Å². The fraction of sp³-hybridized carbons (Fsp3) is 0.400. The summed E-state index contributed by atoms with van der Waals surface area (Å²) in [6.07, 6.45) is 1.66. The van der Waals surface area contributed by atoms with Gasteiger partial charge in [0.15, 0.2) is 11.5 Å². The van der Waals surface area contributed by atoms with Crippen molar-refractivity contribution in [3.8, 4) is 0 Å². The minimum atomic E-state index is 0.0255. The molecule has 0 aliphatic carbocycles. The zero-order chi connectivity index (χ0) is 18.8. The van der Waals surface area contributed by atoms with Crippen LogP contribution in [0.15, 0.2) is 42.5 Å². The van der Waals surface area contributed by atoms with E-state index in [4.69, 9.17) is 0 Å². The van der Waals surface area contributed by atoms with Gasteiger partial charge in [0.05, 0.1) is 6.04 Å². The molecule has 7 nitrogen and oxygen atoms in total. The summed E-state index contributed by atoms with van der Waals surface area (Å²) < 4.78 is 1.76. The van der Waals surface area contributed by atoms with E-state index in [1.165, 1.54) is 0 Å². The van der Waals surface area contributed by atoms with E-state index in [9.17, 15) is 4.79 Å². The molecule has 1 amide bonds. The van der Waals surface area contributed by atoms with Gasteiger partial charge in [-0.3, -0.25) is 4.79 Å². The molecule has 3 heterocycles. The van der Waals surface area contributed by atoms with Crippen LogP contribution in [0, 0.1) is 12.8 Å². The molecule has 4 rings (SSSR count). The number of nitrogens with one attached hydrogen (secondary N) is 1. The summed E-state index contributed by atoms with van der Waals surface area (Å²) >= 11 is 0. The molecule has 0 radical (unpaired) electrons. The van der Waals surface area contributed by atoms with Crippen molar-refractivity contribution in [3.05, 3.63) is 53.9 Å². The highest BCUT2D eigenvalue weighted by atomic mass is 16.1. The molecule has 0 saturated carbocycles. The lowest BCUT2D eigenvalue weighted by Crippen LogP contribution is -2.41. The van der Waals surface area contributed by atoms with E-state index in [2.05, 4.69) is 25.5 Å². The van der Waals surface area contributed by atoms with Crippen LogP contribution < -0.4 is 10.2 Å². The number of aryl methyl sites for hydroxylation is 1. The van der Waals surface area contributed by atoms with E-state index in [0.717, 1.165) is 48.8 Å². The SMILES string of the molecule is Cc1nnc2ccc(N3CCC(C(=O)NC(C)c4ccccc4)CC3)nn12. The van der Waals surface area contributed by atoms with Crippen molar-refractivity contribution in [2.75, 3.05) is 18.0 Å². The van der Waals surface area contributed by atoms with E-state index < -0.39 is 0 Å². The van der Waals surface area contributed by atoms with Gasteiger partial charge >= 0.3 is 0 Å². The average molecular weight is 364 g/mol. The molecule has 2 aromatic heterocycles. The molecule has 1 atom stereocenters. The smallest absolute Gasteiger partial charge is 0.223 e. The first kappa shape index (κ1) is 17.5. The fourth-order valence-electron chi connectivity index (χ4n) is 3.58. The topological polar surface area (TPSA) is 75.4 Å². The molecule has 1 aromatic carbocycles. The van der Waals surface area contributed by atoms with Crippen molar-refractivity contribution in [2.45, 2.75) is 32.7 Å². The predicted molar refractivity (Wildman–Crippen MR) is 103 cm³/mol. The van der Waals surface area contributed by atoms with Crippen molar-refractivity contribution >= 4 is 17.4 Å². The van der Waals surface area contributed by atoms with E-state index in [1.54, 1.807) is 4.52 Å². The van der Waals surface area contributed by atoms with Gasteiger partial charge in [0, 0.05) is 19.0 Å². The summed E-state index contributed by atoms with van der Waals surface area (Å²) in [4.78, 5) is 14.9. The maximum Gasteiger partial charge on any atom is 0.223 e. The minimum Gasteiger partial charge on any atom is -0.355 e. The van der Waals surface area contributed by atoms with Gasteiger partial charge < -0.3 is 10.2 Å². The average Bonchev–Trinajstić information content (AvgIpc) is 3.09. The van der Waals surface area contributed by atoms with Crippen LogP contribution in [0.5, 0.6) is 0 Å². The van der Waals surface area contributed by atoms with Gasteiger partial charge in [-0.1, -0.05) is 30.3 Å². The van der Waals surface area contributed by atoms with Gasteiger partial charge in [-0.15, -0.1) is 15.3 Å². The van der Waals surface area contributed by atoms with Crippen LogP contribution in [-0.4, -0.2) is 38.8 Å². The van der Waals surface area contributed by atoms with E-state index >= 15 is 0 Å². The number of amides is 1. The van der Waals surface area contributed by atoms with Crippen LogP contribution in [0.25, 0.3) is 5.65 Å². The number of benzene rings is 1. The third-order valence-electron chi connectivity index (χ3n) is 5.25. The zero-order valence-electron chi connectivity index (χ0n) is 15.7. The Morgan fingerprint density at radius 1 is 1.11 bits per heavy atom. The second kappa shape index (κ2) is 7.34. The molecule has 3 aromatic rings. The Balaban J connectivity index is 1.36. The van der Waals surface area contributed by atoms with E-state index in [1.807, 2.05) is 56.3 Å². The summed E-state index contributed by atoms with van der Waals surface area (Å²) in [5.74, 6) is 1.87. The molecule has 7 heteroatoms. The highest BCUT2D eigenvalue weighted by Crippen LogP contribution is 2.23. The lowest BCUT2D eigenvalue weighted by molar-refractivity contribution is -0.126. The number of aromatic nitrogens is 4. The maximum atomic E-state index is 12.6. The van der Waals surface area contributed by atoms with Crippen LogP contribution in [0.4, 0.5) is 5.82 Å². The molecule has 27 heavy (non-hydrogen) atoms. The van der Waals surface area contributed by atoms with Gasteiger partial charge in [0.2, 0.25) is 5.91 Å². The number of piperidine rings is 1. The van der Waals surface area contributed by atoms with E-state index in [0.29, 0.717) is 0 Å². The molecular weight excluding hydrogens is 340 g/mol. The molecule has 1 fully saturated rings. The number of carbonyl (C=O) groups is 1. The number of anilines is 1. The molecular formula is C20H24N6O. The summed E-state index contributed by atoms with van der Waals surface area (Å²) in [6, 6.07) is 14.0. The number of hydrogen-bond donors (Lipinski definition) is 1. The number of nitrogens with zero attached hydrogens (tertiary/aromatic N) is 5. The van der Waals surface area contributed by atoms with Crippen molar-refractivity contribution < 1.29 is 4.79 Å². The van der Waals surface area contributed by atoms with Gasteiger partial charge in [-0.2, -0.15) is 4.52 Å². The fourth-order valence-corrected chi connectivity index (χ4v) is 3.58. The summed E-state index contributed by atoms with van der Waals surface area (Å²) in [5, 5.41) is 15.9. The summed E-state index contributed by atoms with van der Waals surface area (Å²) in [7, 11) is 0. The summed E-state index contributed by atoms with van der Waals surface area (Å²) in [5.41, 5.74) is 1.88. The molecule has 140 valence electrons. The highest BCUT2D eigenvalue weighted by molar-refractivity contribution is 5.79. The quantitative estimate of drug-likeness (QED) is 0.770. The molecule has 1 unspecified atom stereocenters. The Morgan fingerprint density at radius 3 is 2.59 bits per heavy atom. The number of rotatable bonds is 4. The van der Waals surface area contributed by atoms with Gasteiger partial charge in [0.1, 0.15) is 5.82 Å². The second-order valence-corrected chi connectivity index (χ2v) is 7.11. The third-order valence-corrected chi connectivity index (χ3v) is 5.25. The molecule has 1 aliphatic rings. The Labute approximate surface area is 158 Å². The molecule has 0 bridgehead atoms. The zero-order valence-corrected chi connectivity index (χ0v) is 15.7. The van der Waals surface area contributed by atoms with Crippen LogP contribution in [0.2, 0.25) is 0 Å². The molecule has 1 N–H and O–H groups in total. The summed E-state index contributed by atoms with van der Waals surface area (Å²) in [6.45, 7) is 5.55. The Bertz CT molecular complexity index is 930. The van der Waals surface area contributed by atoms with Crippen LogP contribution in [-0.2, 0) is 4.79 Å². The van der Waals surface area contributed by atoms with Gasteiger partial charge in [0.25, 0.3) is 0 Å². The first-order chi connectivity index (χ1) is 13.1. The van der Waals surface area contributed by atoms with Crippen molar-refractivity contribution in [1.82, 2.24) is 25.1 Å². The van der Waals surface area contributed by atoms with E-state index in [-0.39, 0.29) is 17.9 Å².